The Morgan fingerprint density at radius 3 is 1.74 bits per heavy atom. The molecule has 0 saturated heterocycles. The molecule has 1 heterocycles. The molecule has 7 rings (SSSR count). The molecular weight excluding hydrogens is 591 g/mol. The first-order chi connectivity index (χ1) is 22.1. The van der Waals surface area contributed by atoms with Crippen LogP contribution in [0.1, 0.15) is 43.6 Å². The topological polar surface area (TPSA) is 16.4 Å². The van der Waals surface area contributed by atoms with Gasteiger partial charge < -0.3 is 9.32 Å². The van der Waals surface area contributed by atoms with Crippen LogP contribution in [0.4, 0.5) is 17.1 Å². The summed E-state index contributed by atoms with van der Waals surface area (Å²) in [6.07, 6.45) is 6.70. The summed E-state index contributed by atoms with van der Waals surface area (Å²) in [5, 5.41) is 5.44. The monoisotopic (exact) mass is 637 g/mol. The second-order valence-electron chi connectivity index (χ2n) is 15.3. The summed E-state index contributed by atoms with van der Waals surface area (Å²) < 4.78 is 6.36. The average molecular weight is 638 g/mol. The van der Waals surface area contributed by atoms with Crippen molar-refractivity contribution in [1.82, 2.24) is 0 Å². The lowest BCUT2D eigenvalue weighted by atomic mass is 9.84. The molecule has 2 nitrogen and oxygen atoms in total. The highest BCUT2D eigenvalue weighted by Crippen LogP contribution is 2.40. The highest BCUT2D eigenvalue weighted by molar-refractivity contribution is 6.93. The van der Waals surface area contributed by atoms with Crippen LogP contribution in [0.3, 0.4) is 0 Å². The molecule has 0 N–H and O–H groups in total. The summed E-state index contributed by atoms with van der Waals surface area (Å²) in [4.78, 5) is 2.39. The van der Waals surface area contributed by atoms with E-state index in [1.54, 1.807) is 10.4 Å². The van der Waals surface area contributed by atoms with Gasteiger partial charge in [0.05, 0.1) is 16.1 Å². The van der Waals surface area contributed by atoms with Gasteiger partial charge in [0, 0.05) is 33.9 Å². The number of rotatable bonds is 7. The van der Waals surface area contributed by atoms with Crippen molar-refractivity contribution in [3.05, 3.63) is 115 Å². The zero-order valence-electron chi connectivity index (χ0n) is 28.4. The molecule has 0 amide bonds. The van der Waals surface area contributed by atoms with Crippen molar-refractivity contribution in [3.63, 3.8) is 0 Å². The van der Waals surface area contributed by atoms with Crippen LogP contribution in [0.15, 0.2) is 114 Å². The van der Waals surface area contributed by atoms with Crippen LogP contribution >= 0.6 is 0 Å². The fraction of sp³-hybridized carbons (Fsp3) is 0.286. The molecule has 0 aliphatic heterocycles. The lowest BCUT2D eigenvalue weighted by Gasteiger charge is -2.29. The Balaban J connectivity index is 1.34. The standard InChI is InChI=1S/C42H47NOSi2/c1-45(2,3)40-17-12-18-41(46(4,5)6)42(40)32-21-25-34(26-22-32)43(33-23-19-31(20-24-33)30-13-8-7-9-14-30)35-27-28-37-36-15-10-11-16-38(36)44-39(37)29-35/h10-12,15-30H,7-9,13-14H2,1-6H3. The largest absolute Gasteiger partial charge is 0.456 e. The Morgan fingerprint density at radius 2 is 1.11 bits per heavy atom. The van der Waals surface area contributed by atoms with Gasteiger partial charge in [-0.25, -0.2) is 0 Å². The highest BCUT2D eigenvalue weighted by atomic mass is 28.3. The molecule has 0 bridgehead atoms. The quantitative estimate of drug-likeness (QED) is 0.162. The Hall–Kier alpha value is -3.87. The summed E-state index contributed by atoms with van der Waals surface area (Å²) in [5.74, 6) is 0.689. The fourth-order valence-corrected chi connectivity index (χ4v) is 10.9. The lowest BCUT2D eigenvalue weighted by Crippen LogP contribution is -2.47. The molecule has 1 fully saturated rings. The van der Waals surface area contributed by atoms with Gasteiger partial charge in [0.25, 0.3) is 0 Å². The van der Waals surface area contributed by atoms with E-state index in [4.69, 9.17) is 4.42 Å². The lowest BCUT2D eigenvalue weighted by molar-refractivity contribution is 0.443. The van der Waals surface area contributed by atoms with E-state index in [2.05, 4.69) is 147 Å². The van der Waals surface area contributed by atoms with E-state index in [0.29, 0.717) is 5.92 Å². The average Bonchev–Trinajstić information content (AvgIpc) is 3.43. The normalized spacial score (nSPS) is 14.7. The number of benzene rings is 5. The molecule has 4 heteroatoms. The number of para-hydroxylation sites is 1. The summed E-state index contributed by atoms with van der Waals surface area (Å²) in [7, 11) is -3.14. The predicted molar refractivity (Wildman–Crippen MR) is 206 cm³/mol. The van der Waals surface area contributed by atoms with Crippen molar-refractivity contribution >= 4 is 65.5 Å². The second kappa shape index (κ2) is 12.1. The first kappa shape index (κ1) is 30.8. The fourth-order valence-electron chi connectivity index (χ4n) is 7.52. The minimum Gasteiger partial charge on any atom is -0.456 e. The molecule has 1 aliphatic rings. The number of hydrogen-bond donors (Lipinski definition) is 0. The van der Waals surface area contributed by atoms with E-state index in [9.17, 15) is 0 Å². The van der Waals surface area contributed by atoms with E-state index >= 15 is 0 Å². The third-order valence-electron chi connectivity index (χ3n) is 9.94. The van der Waals surface area contributed by atoms with Crippen LogP contribution < -0.4 is 15.3 Å². The minimum atomic E-state index is -1.57. The van der Waals surface area contributed by atoms with Crippen LogP contribution in [0, 0.1) is 0 Å². The molecule has 6 aromatic rings. The Kier molecular flexibility index (Phi) is 8.06. The van der Waals surface area contributed by atoms with Crippen molar-refractivity contribution in [1.29, 1.82) is 0 Å². The van der Waals surface area contributed by atoms with Gasteiger partial charge in [0.15, 0.2) is 0 Å². The summed E-state index contributed by atoms with van der Waals surface area (Å²) >= 11 is 0. The summed E-state index contributed by atoms with van der Waals surface area (Å²) in [5.41, 5.74) is 9.59. The van der Waals surface area contributed by atoms with Crippen molar-refractivity contribution in [2.45, 2.75) is 77.3 Å². The maximum Gasteiger partial charge on any atom is 0.137 e. The minimum absolute atomic E-state index is 0.689. The molecule has 1 aromatic heterocycles. The first-order valence-electron chi connectivity index (χ1n) is 17.1. The molecule has 0 unspecified atom stereocenters. The van der Waals surface area contributed by atoms with Crippen LogP contribution in [0.5, 0.6) is 0 Å². The van der Waals surface area contributed by atoms with Crippen LogP contribution in [0.2, 0.25) is 39.3 Å². The molecule has 0 radical (unpaired) electrons. The SMILES string of the molecule is C[Si](C)(C)c1cccc([Si](C)(C)C)c1-c1ccc(N(c2ccc(C3CCCCC3)cc2)c2ccc3c(c2)oc2ccccc23)cc1. The van der Waals surface area contributed by atoms with Gasteiger partial charge >= 0.3 is 0 Å². The van der Waals surface area contributed by atoms with Gasteiger partial charge in [-0.3, -0.25) is 0 Å². The smallest absolute Gasteiger partial charge is 0.137 e. The number of nitrogens with zero attached hydrogens (tertiary/aromatic N) is 1. The number of fused-ring (bicyclic) bond motifs is 3. The maximum atomic E-state index is 6.36. The zero-order chi connectivity index (χ0) is 32.1. The van der Waals surface area contributed by atoms with Crippen molar-refractivity contribution in [3.8, 4) is 11.1 Å². The Bertz CT molecular complexity index is 1950. The molecule has 46 heavy (non-hydrogen) atoms. The van der Waals surface area contributed by atoms with E-state index < -0.39 is 16.1 Å². The van der Waals surface area contributed by atoms with E-state index in [1.165, 1.54) is 54.5 Å². The number of hydrogen-bond acceptors (Lipinski definition) is 2. The molecule has 5 aromatic carbocycles. The molecule has 0 spiro atoms. The number of furan rings is 1. The molecule has 0 atom stereocenters. The molecule has 234 valence electrons. The van der Waals surface area contributed by atoms with Crippen molar-refractivity contribution < 1.29 is 4.42 Å². The third kappa shape index (κ3) is 5.89. The van der Waals surface area contributed by atoms with Crippen LogP contribution in [-0.2, 0) is 0 Å². The Labute approximate surface area is 277 Å². The van der Waals surface area contributed by atoms with Gasteiger partial charge in [-0.05, 0) is 77.9 Å². The van der Waals surface area contributed by atoms with Gasteiger partial charge in [-0.15, -0.1) is 0 Å². The summed E-state index contributed by atoms with van der Waals surface area (Å²) in [6.45, 7) is 14.8. The van der Waals surface area contributed by atoms with Gasteiger partial charge in [-0.2, -0.15) is 0 Å². The molecule has 1 saturated carbocycles. The van der Waals surface area contributed by atoms with Gasteiger partial charge in [0.2, 0.25) is 0 Å². The van der Waals surface area contributed by atoms with Gasteiger partial charge in [-0.1, -0.05) is 130 Å². The highest BCUT2D eigenvalue weighted by Gasteiger charge is 2.28. The maximum absolute atomic E-state index is 6.36. The van der Waals surface area contributed by atoms with Crippen molar-refractivity contribution in [2.24, 2.45) is 0 Å². The predicted octanol–water partition coefficient (Wildman–Crippen LogP) is 11.9. The molecule has 1 aliphatic carbocycles. The first-order valence-corrected chi connectivity index (χ1v) is 24.1. The second-order valence-corrected chi connectivity index (χ2v) is 25.4. The van der Waals surface area contributed by atoms with E-state index in [-0.39, 0.29) is 0 Å². The van der Waals surface area contributed by atoms with E-state index in [0.717, 1.165) is 33.3 Å². The number of anilines is 3. The van der Waals surface area contributed by atoms with E-state index in [1.807, 2.05) is 6.07 Å². The van der Waals surface area contributed by atoms with Crippen molar-refractivity contribution in [2.75, 3.05) is 4.90 Å². The molecular formula is C42H47NOSi2. The van der Waals surface area contributed by atoms with Crippen LogP contribution in [-0.4, -0.2) is 16.1 Å². The Morgan fingerprint density at radius 1 is 0.543 bits per heavy atom. The summed E-state index contributed by atoms with van der Waals surface area (Å²) in [6, 6.07) is 40.8. The van der Waals surface area contributed by atoms with Gasteiger partial charge in [0.1, 0.15) is 11.2 Å². The third-order valence-corrected chi connectivity index (χ3v) is 14.0. The van der Waals surface area contributed by atoms with Crippen LogP contribution in [0.25, 0.3) is 33.1 Å². The zero-order valence-corrected chi connectivity index (χ0v) is 30.4.